The predicted molar refractivity (Wildman–Crippen MR) is 65.0 cm³/mol. The van der Waals surface area contributed by atoms with Crippen LogP contribution in [-0.4, -0.2) is 55.6 Å². The van der Waals surface area contributed by atoms with Gasteiger partial charge in [0.25, 0.3) is 0 Å². The molecule has 0 aromatic rings. The van der Waals surface area contributed by atoms with E-state index in [0.717, 1.165) is 24.7 Å². The lowest BCUT2D eigenvalue weighted by molar-refractivity contribution is -0.150. The average Bonchev–Trinajstić information content (AvgIpc) is 2.35. The maximum Gasteiger partial charge on any atom is 0.356 e. The Morgan fingerprint density at radius 2 is 1.71 bits per heavy atom. The van der Waals surface area contributed by atoms with Crippen LogP contribution in [0.3, 0.4) is 0 Å². The third-order valence-electron chi connectivity index (χ3n) is 2.25. The Morgan fingerprint density at radius 3 is 2.29 bits per heavy atom. The zero-order chi connectivity index (χ0) is 12.5. The van der Waals surface area contributed by atoms with Crippen LogP contribution in [0.4, 0.5) is 0 Å². The standard InChI is InChI=1S/C11H19O5S/c1-2-10(12)15-3-4-16-11(13)9-17-7-5-14-6-8-17/h2-9H2,1H3/q+1. The predicted octanol–water partition coefficient (Wildman–Crippen LogP) is 0.131. The zero-order valence-electron chi connectivity index (χ0n) is 10.1. The lowest BCUT2D eigenvalue weighted by Crippen LogP contribution is -2.32. The molecule has 0 N–H and O–H groups in total. The molecule has 1 rings (SSSR count). The van der Waals surface area contributed by atoms with Crippen molar-refractivity contribution in [3.05, 3.63) is 0 Å². The minimum atomic E-state index is -0.271. The lowest BCUT2D eigenvalue weighted by Gasteiger charge is -2.13. The van der Waals surface area contributed by atoms with E-state index in [1.165, 1.54) is 0 Å². The first kappa shape index (κ1) is 14.3. The van der Waals surface area contributed by atoms with Crippen molar-refractivity contribution in [2.75, 3.05) is 43.7 Å². The molecule has 0 amide bonds. The highest BCUT2D eigenvalue weighted by atomic mass is 32.2. The molecule has 0 atom stereocenters. The normalized spacial score (nSPS) is 16.5. The van der Waals surface area contributed by atoms with E-state index in [2.05, 4.69) is 0 Å². The largest absolute Gasteiger partial charge is 0.462 e. The highest BCUT2D eigenvalue weighted by Gasteiger charge is 2.26. The summed E-state index contributed by atoms with van der Waals surface area (Å²) < 4.78 is 15.0. The van der Waals surface area contributed by atoms with Gasteiger partial charge < -0.3 is 14.2 Å². The van der Waals surface area contributed by atoms with E-state index in [-0.39, 0.29) is 36.0 Å². The van der Waals surface area contributed by atoms with Gasteiger partial charge >= 0.3 is 11.9 Å². The Balaban J connectivity index is 2.02. The number of carbonyl (C=O) groups excluding carboxylic acids is 2. The van der Waals surface area contributed by atoms with Crippen molar-refractivity contribution < 1.29 is 23.8 Å². The van der Waals surface area contributed by atoms with Gasteiger partial charge in [0.2, 0.25) is 5.75 Å². The number of hydrogen-bond acceptors (Lipinski definition) is 5. The van der Waals surface area contributed by atoms with Crippen molar-refractivity contribution in [1.29, 1.82) is 0 Å². The number of carbonyl (C=O) groups is 2. The SMILES string of the molecule is CCC(=O)OCCOC(=O)C[S+]1CCOCC1. The Bertz CT molecular complexity index is 250. The van der Waals surface area contributed by atoms with Crippen LogP contribution in [0.1, 0.15) is 13.3 Å². The van der Waals surface area contributed by atoms with Gasteiger partial charge in [0.05, 0.1) is 13.2 Å². The molecule has 0 aromatic carbocycles. The van der Waals surface area contributed by atoms with Crippen LogP contribution >= 0.6 is 0 Å². The van der Waals surface area contributed by atoms with Gasteiger partial charge in [-0.05, 0) is 0 Å². The number of rotatable bonds is 6. The summed E-state index contributed by atoms with van der Waals surface area (Å²) in [6.45, 7) is 3.50. The first-order valence-electron chi connectivity index (χ1n) is 5.75. The van der Waals surface area contributed by atoms with Gasteiger partial charge in [-0.25, -0.2) is 4.79 Å². The van der Waals surface area contributed by atoms with Gasteiger partial charge in [-0.1, -0.05) is 6.92 Å². The van der Waals surface area contributed by atoms with Gasteiger partial charge in [0.1, 0.15) is 24.7 Å². The van der Waals surface area contributed by atoms with Crippen LogP contribution in [0, 0.1) is 0 Å². The smallest absolute Gasteiger partial charge is 0.356 e. The van der Waals surface area contributed by atoms with Crippen molar-refractivity contribution in [2.45, 2.75) is 13.3 Å². The van der Waals surface area contributed by atoms with Crippen molar-refractivity contribution in [3.63, 3.8) is 0 Å². The topological polar surface area (TPSA) is 61.8 Å². The fourth-order valence-corrected chi connectivity index (χ4v) is 2.94. The van der Waals surface area contributed by atoms with E-state index in [1.54, 1.807) is 6.92 Å². The summed E-state index contributed by atoms with van der Waals surface area (Å²) in [6.07, 6.45) is 0.345. The van der Waals surface area contributed by atoms with Crippen LogP contribution in [0.5, 0.6) is 0 Å². The Morgan fingerprint density at radius 1 is 1.12 bits per heavy atom. The molecule has 1 heterocycles. The number of hydrogen-bond donors (Lipinski definition) is 0. The van der Waals surface area contributed by atoms with Gasteiger partial charge in [0, 0.05) is 17.3 Å². The summed E-state index contributed by atoms with van der Waals surface area (Å²) >= 11 is 0. The summed E-state index contributed by atoms with van der Waals surface area (Å²) in [5.74, 6) is 1.88. The van der Waals surface area contributed by atoms with Crippen LogP contribution in [0.2, 0.25) is 0 Å². The molecule has 0 saturated carbocycles. The summed E-state index contributed by atoms with van der Waals surface area (Å²) in [6, 6.07) is 0. The first-order chi connectivity index (χ1) is 8.22. The lowest BCUT2D eigenvalue weighted by atomic mass is 10.5. The third kappa shape index (κ3) is 6.53. The van der Waals surface area contributed by atoms with Crippen molar-refractivity contribution in [1.82, 2.24) is 0 Å². The molecule has 0 unspecified atom stereocenters. The Labute approximate surface area is 104 Å². The Hall–Kier alpha value is -0.750. The highest BCUT2D eigenvalue weighted by Crippen LogP contribution is 2.04. The molecule has 17 heavy (non-hydrogen) atoms. The van der Waals surface area contributed by atoms with Gasteiger partial charge in [-0.2, -0.15) is 0 Å². The van der Waals surface area contributed by atoms with Crippen molar-refractivity contribution in [2.24, 2.45) is 0 Å². The van der Waals surface area contributed by atoms with E-state index in [1.807, 2.05) is 0 Å². The summed E-state index contributed by atoms with van der Waals surface area (Å²) in [5.41, 5.74) is 0. The summed E-state index contributed by atoms with van der Waals surface area (Å²) in [5, 5.41) is 0. The van der Waals surface area contributed by atoms with Crippen LogP contribution in [0.15, 0.2) is 0 Å². The van der Waals surface area contributed by atoms with E-state index in [4.69, 9.17) is 14.2 Å². The molecule has 1 saturated heterocycles. The molecule has 0 radical (unpaired) electrons. The maximum absolute atomic E-state index is 11.4. The van der Waals surface area contributed by atoms with E-state index in [0.29, 0.717) is 12.2 Å². The second-order valence-electron chi connectivity index (χ2n) is 3.57. The highest BCUT2D eigenvalue weighted by molar-refractivity contribution is 7.97. The van der Waals surface area contributed by atoms with Crippen molar-refractivity contribution >= 4 is 22.8 Å². The fourth-order valence-electron chi connectivity index (χ4n) is 1.32. The molecule has 98 valence electrons. The molecule has 0 spiro atoms. The quantitative estimate of drug-likeness (QED) is 0.387. The van der Waals surface area contributed by atoms with E-state index >= 15 is 0 Å². The molecule has 0 bridgehead atoms. The molecule has 1 fully saturated rings. The molecular weight excluding hydrogens is 244 g/mol. The minimum absolute atomic E-state index is 0.102. The fraction of sp³-hybridized carbons (Fsp3) is 0.818. The number of ether oxygens (including phenoxy) is 3. The Kier molecular flexibility index (Phi) is 7.04. The molecule has 1 aliphatic rings. The van der Waals surface area contributed by atoms with Crippen molar-refractivity contribution in [3.8, 4) is 0 Å². The zero-order valence-corrected chi connectivity index (χ0v) is 10.9. The molecule has 1 aliphatic heterocycles. The van der Waals surface area contributed by atoms with Crippen LogP contribution < -0.4 is 0 Å². The van der Waals surface area contributed by atoms with Gasteiger partial charge in [-0.15, -0.1) is 0 Å². The number of esters is 2. The average molecular weight is 263 g/mol. The molecular formula is C11H19O5S+. The molecule has 6 heteroatoms. The first-order valence-corrected chi connectivity index (χ1v) is 7.48. The minimum Gasteiger partial charge on any atom is -0.462 e. The van der Waals surface area contributed by atoms with E-state index in [9.17, 15) is 9.59 Å². The second kappa shape index (κ2) is 8.36. The van der Waals surface area contributed by atoms with E-state index < -0.39 is 0 Å². The third-order valence-corrected chi connectivity index (χ3v) is 4.38. The van der Waals surface area contributed by atoms with Crippen LogP contribution in [-0.2, 0) is 34.7 Å². The molecule has 0 aliphatic carbocycles. The summed E-state index contributed by atoms with van der Waals surface area (Å²) in [7, 11) is 0.102. The maximum atomic E-state index is 11.4. The molecule has 0 aromatic heterocycles. The molecule has 5 nitrogen and oxygen atoms in total. The summed E-state index contributed by atoms with van der Waals surface area (Å²) in [4.78, 5) is 22.2. The van der Waals surface area contributed by atoms with Gasteiger partial charge in [-0.3, -0.25) is 4.79 Å². The monoisotopic (exact) mass is 263 g/mol. The van der Waals surface area contributed by atoms with Gasteiger partial charge in [0.15, 0.2) is 0 Å². The van der Waals surface area contributed by atoms with Crippen LogP contribution in [0.25, 0.3) is 0 Å². The second-order valence-corrected chi connectivity index (χ2v) is 5.90.